The maximum absolute atomic E-state index is 12.5. The van der Waals surface area contributed by atoms with Crippen molar-refractivity contribution in [1.82, 2.24) is 15.6 Å². The lowest BCUT2D eigenvalue weighted by Gasteiger charge is -2.29. The highest BCUT2D eigenvalue weighted by Crippen LogP contribution is 2.23. The van der Waals surface area contributed by atoms with E-state index in [0.29, 0.717) is 18.0 Å². The second kappa shape index (κ2) is 6.42. The van der Waals surface area contributed by atoms with Crippen molar-refractivity contribution in [2.75, 3.05) is 13.1 Å². The van der Waals surface area contributed by atoms with Gasteiger partial charge in [0.15, 0.2) is 0 Å². The predicted molar refractivity (Wildman–Crippen MR) is 95.0 cm³/mol. The van der Waals surface area contributed by atoms with Gasteiger partial charge in [0.25, 0.3) is 5.91 Å². The summed E-state index contributed by atoms with van der Waals surface area (Å²) in [5, 5.41) is 8.42. The smallest absolute Gasteiger partial charge is 0.251 e. The first-order chi connectivity index (χ1) is 11.8. The van der Waals surface area contributed by atoms with Gasteiger partial charge in [0.05, 0.1) is 0 Å². The van der Waals surface area contributed by atoms with Crippen LogP contribution in [0.2, 0.25) is 0 Å². The Bertz CT molecular complexity index is 887. The molecule has 0 aliphatic carbocycles. The standard InChI is InChI=1S/C20H19N3O/c24-20(15-5-6-16-10-21-8-7-14(16)9-15)23-13-17-3-1-2-4-19(17)18-11-22-12-18/h1-10,18,22H,11-13H2,(H,23,24). The van der Waals surface area contributed by atoms with E-state index in [9.17, 15) is 4.79 Å². The molecule has 1 amide bonds. The largest absolute Gasteiger partial charge is 0.348 e. The summed E-state index contributed by atoms with van der Waals surface area (Å²) in [6.45, 7) is 2.59. The molecule has 4 nitrogen and oxygen atoms in total. The van der Waals surface area contributed by atoms with Gasteiger partial charge in [-0.25, -0.2) is 0 Å². The van der Waals surface area contributed by atoms with E-state index >= 15 is 0 Å². The molecule has 2 aromatic carbocycles. The van der Waals surface area contributed by atoms with E-state index in [-0.39, 0.29) is 5.91 Å². The molecule has 120 valence electrons. The average Bonchev–Trinajstić information content (AvgIpc) is 2.59. The molecular formula is C20H19N3O. The first-order valence-corrected chi connectivity index (χ1v) is 8.22. The van der Waals surface area contributed by atoms with E-state index in [0.717, 1.165) is 23.9 Å². The minimum atomic E-state index is -0.0461. The van der Waals surface area contributed by atoms with Gasteiger partial charge < -0.3 is 10.6 Å². The van der Waals surface area contributed by atoms with Crippen LogP contribution in [0.3, 0.4) is 0 Å². The van der Waals surface area contributed by atoms with Gasteiger partial charge in [-0.1, -0.05) is 30.3 Å². The van der Waals surface area contributed by atoms with Crippen LogP contribution in [-0.4, -0.2) is 24.0 Å². The molecule has 4 rings (SSSR count). The number of aromatic nitrogens is 1. The van der Waals surface area contributed by atoms with Crippen LogP contribution in [0.1, 0.15) is 27.4 Å². The van der Waals surface area contributed by atoms with Gasteiger partial charge in [-0.15, -0.1) is 0 Å². The third kappa shape index (κ3) is 2.88. The lowest BCUT2D eigenvalue weighted by Crippen LogP contribution is -2.40. The third-order valence-electron chi connectivity index (χ3n) is 4.62. The fourth-order valence-electron chi connectivity index (χ4n) is 3.10. The number of hydrogen-bond donors (Lipinski definition) is 2. The lowest BCUT2D eigenvalue weighted by atomic mass is 9.90. The molecule has 3 aromatic rings. The fraction of sp³-hybridized carbons (Fsp3) is 0.200. The zero-order valence-corrected chi connectivity index (χ0v) is 13.3. The quantitative estimate of drug-likeness (QED) is 0.778. The molecule has 0 bridgehead atoms. The van der Waals surface area contributed by atoms with Crippen molar-refractivity contribution in [3.63, 3.8) is 0 Å². The highest BCUT2D eigenvalue weighted by atomic mass is 16.1. The van der Waals surface area contributed by atoms with Crippen LogP contribution in [0.25, 0.3) is 10.8 Å². The number of hydrogen-bond acceptors (Lipinski definition) is 3. The van der Waals surface area contributed by atoms with Crippen molar-refractivity contribution >= 4 is 16.7 Å². The Morgan fingerprint density at radius 1 is 1.12 bits per heavy atom. The first-order valence-electron chi connectivity index (χ1n) is 8.22. The Hall–Kier alpha value is -2.72. The number of nitrogens with zero attached hydrogens (tertiary/aromatic N) is 1. The first kappa shape index (κ1) is 14.8. The molecule has 4 heteroatoms. The molecule has 0 radical (unpaired) electrons. The Morgan fingerprint density at radius 3 is 2.83 bits per heavy atom. The number of amides is 1. The summed E-state index contributed by atoms with van der Waals surface area (Å²) >= 11 is 0. The van der Waals surface area contributed by atoms with Crippen molar-refractivity contribution in [3.8, 4) is 0 Å². The van der Waals surface area contributed by atoms with Crippen molar-refractivity contribution in [2.45, 2.75) is 12.5 Å². The zero-order chi connectivity index (χ0) is 16.4. The number of rotatable bonds is 4. The van der Waals surface area contributed by atoms with Crippen LogP contribution in [0.5, 0.6) is 0 Å². The van der Waals surface area contributed by atoms with Crippen molar-refractivity contribution in [3.05, 3.63) is 77.6 Å². The number of benzene rings is 2. The number of fused-ring (bicyclic) bond motifs is 1. The molecule has 2 heterocycles. The van der Waals surface area contributed by atoms with E-state index in [1.165, 1.54) is 11.1 Å². The maximum Gasteiger partial charge on any atom is 0.251 e. The molecule has 1 saturated heterocycles. The minimum absolute atomic E-state index is 0.0461. The van der Waals surface area contributed by atoms with Gasteiger partial charge >= 0.3 is 0 Å². The van der Waals surface area contributed by atoms with Gasteiger partial charge in [0.2, 0.25) is 0 Å². The molecule has 24 heavy (non-hydrogen) atoms. The number of carbonyl (C=O) groups is 1. The van der Waals surface area contributed by atoms with Crippen molar-refractivity contribution in [1.29, 1.82) is 0 Å². The lowest BCUT2D eigenvalue weighted by molar-refractivity contribution is 0.0951. The minimum Gasteiger partial charge on any atom is -0.348 e. The number of pyridine rings is 1. The van der Waals surface area contributed by atoms with E-state index in [1.807, 2.05) is 30.3 Å². The molecule has 1 aliphatic heterocycles. The molecule has 2 N–H and O–H groups in total. The molecule has 1 aromatic heterocycles. The summed E-state index contributed by atoms with van der Waals surface area (Å²) in [5.41, 5.74) is 3.21. The highest BCUT2D eigenvalue weighted by Gasteiger charge is 2.21. The van der Waals surface area contributed by atoms with Gasteiger partial charge in [-0.2, -0.15) is 0 Å². The third-order valence-corrected chi connectivity index (χ3v) is 4.62. The summed E-state index contributed by atoms with van der Waals surface area (Å²) in [7, 11) is 0. The van der Waals surface area contributed by atoms with Gasteiger partial charge in [-0.3, -0.25) is 9.78 Å². The summed E-state index contributed by atoms with van der Waals surface area (Å²) in [4.78, 5) is 16.6. The summed E-state index contributed by atoms with van der Waals surface area (Å²) in [6.07, 6.45) is 3.55. The maximum atomic E-state index is 12.5. The predicted octanol–water partition coefficient (Wildman–Crippen LogP) is 2.85. The monoisotopic (exact) mass is 317 g/mol. The van der Waals surface area contributed by atoms with E-state index in [1.54, 1.807) is 12.4 Å². The summed E-state index contributed by atoms with van der Waals surface area (Å²) in [6, 6.07) is 16.0. The van der Waals surface area contributed by atoms with Crippen LogP contribution >= 0.6 is 0 Å². The molecule has 0 spiro atoms. The molecule has 1 aliphatic rings. The topological polar surface area (TPSA) is 54.0 Å². The Balaban J connectivity index is 1.50. The van der Waals surface area contributed by atoms with Crippen LogP contribution in [0.15, 0.2) is 60.9 Å². The Morgan fingerprint density at radius 2 is 2.00 bits per heavy atom. The Kier molecular flexibility index (Phi) is 3.97. The van der Waals surface area contributed by atoms with Crippen LogP contribution in [-0.2, 0) is 6.54 Å². The normalized spacial score (nSPS) is 14.3. The van der Waals surface area contributed by atoms with Gasteiger partial charge in [0, 0.05) is 48.9 Å². The van der Waals surface area contributed by atoms with Gasteiger partial charge in [-0.05, 0) is 34.7 Å². The average molecular weight is 317 g/mol. The van der Waals surface area contributed by atoms with Crippen LogP contribution in [0, 0.1) is 0 Å². The zero-order valence-electron chi connectivity index (χ0n) is 13.3. The second-order valence-corrected chi connectivity index (χ2v) is 6.17. The number of nitrogens with one attached hydrogen (secondary N) is 2. The van der Waals surface area contributed by atoms with E-state index in [4.69, 9.17) is 0 Å². The fourth-order valence-corrected chi connectivity index (χ4v) is 3.10. The van der Waals surface area contributed by atoms with Crippen LogP contribution in [0.4, 0.5) is 0 Å². The molecule has 0 unspecified atom stereocenters. The van der Waals surface area contributed by atoms with Gasteiger partial charge in [0.1, 0.15) is 0 Å². The van der Waals surface area contributed by atoms with Crippen molar-refractivity contribution in [2.24, 2.45) is 0 Å². The SMILES string of the molecule is O=C(NCc1ccccc1C1CNC1)c1ccc2cnccc2c1. The second-order valence-electron chi connectivity index (χ2n) is 6.17. The highest BCUT2D eigenvalue weighted by molar-refractivity contribution is 5.98. The molecular weight excluding hydrogens is 298 g/mol. The summed E-state index contributed by atoms with van der Waals surface area (Å²) < 4.78 is 0. The molecule has 1 fully saturated rings. The Labute approximate surface area is 140 Å². The van der Waals surface area contributed by atoms with E-state index < -0.39 is 0 Å². The van der Waals surface area contributed by atoms with Crippen LogP contribution < -0.4 is 10.6 Å². The summed E-state index contributed by atoms with van der Waals surface area (Å²) in [5.74, 6) is 0.515. The molecule has 0 atom stereocenters. The van der Waals surface area contributed by atoms with E-state index in [2.05, 4.69) is 33.8 Å². The molecule has 0 saturated carbocycles. The van der Waals surface area contributed by atoms with Crippen molar-refractivity contribution < 1.29 is 4.79 Å². The number of carbonyl (C=O) groups excluding carboxylic acids is 1.